The summed E-state index contributed by atoms with van der Waals surface area (Å²) in [5, 5.41) is 13.2. The number of amides is 3. The van der Waals surface area contributed by atoms with E-state index in [0.29, 0.717) is 28.6 Å². The topological polar surface area (TPSA) is 147 Å². The number of hydrogen-bond acceptors (Lipinski definition) is 6. The van der Waals surface area contributed by atoms with Crippen LogP contribution in [0.15, 0.2) is 71.6 Å². The first-order valence-corrected chi connectivity index (χ1v) is 9.71. The monoisotopic (exact) mass is 446 g/mol. The third-order valence-electron chi connectivity index (χ3n) is 4.57. The van der Waals surface area contributed by atoms with Crippen LogP contribution in [0.1, 0.15) is 26.5 Å². The molecule has 3 aromatic heterocycles. The van der Waals surface area contributed by atoms with Crippen LogP contribution in [0.4, 0.5) is 10.5 Å². The maximum Gasteiger partial charge on any atom is 0.411 e. The molecule has 0 aliphatic heterocycles. The number of furan rings is 1. The minimum absolute atomic E-state index is 0.149. The zero-order valence-corrected chi connectivity index (χ0v) is 17.3. The molecule has 166 valence electrons. The third-order valence-corrected chi connectivity index (χ3v) is 4.57. The highest BCUT2D eigenvalue weighted by atomic mass is 16.5. The Labute approximate surface area is 187 Å². The van der Waals surface area contributed by atoms with Crippen LogP contribution in [-0.2, 0) is 0 Å². The fourth-order valence-corrected chi connectivity index (χ4v) is 3.03. The van der Waals surface area contributed by atoms with Crippen LogP contribution < -0.4 is 15.4 Å². The molecule has 0 saturated carbocycles. The van der Waals surface area contributed by atoms with Crippen molar-refractivity contribution in [2.45, 2.75) is 6.92 Å². The summed E-state index contributed by atoms with van der Waals surface area (Å²) >= 11 is 0. The van der Waals surface area contributed by atoms with Gasteiger partial charge in [-0.25, -0.2) is 4.79 Å². The molecule has 0 bridgehead atoms. The van der Waals surface area contributed by atoms with E-state index in [4.69, 9.17) is 14.3 Å². The summed E-state index contributed by atoms with van der Waals surface area (Å²) in [4.78, 5) is 42.0. The molecule has 0 fully saturated rings. The van der Waals surface area contributed by atoms with Crippen molar-refractivity contribution in [1.29, 1.82) is 0 Å². The lowest BCUT2D eigenvalue weighted by molar-refractivity contribution is 0.0946. The highest BCUT2D eigenvalue weighted by Crippen LogP contribution is 2.27. The largest absolute Gasteiger partial charge is 0.465 e. The van der Waals surface area contributed by atoms with E-state index < -0.39 is 12.0 Å². The summed E-state index contributed by atoms with van der Waals surface area (Å²) in [6.45, 7) is 1.78. The van der Waals surface area contributed by atoms with Gasteiger partial charge in [0.25, 0.3) is 11.8 Å². The molecule has 3 amide bonds. The number of nitrogens with zero attached hydrogens (tertiary/aromatic N) is 1. The smallest absolute Gasteiger partial charge is 0.411 e. The first-order chi connectivity index (χ1) is 15.9. The van der Waals surface area contributed by atoms with Gasteiger partial charge in [-0.15, -0.1) is 0 Å². The van der Waals surface area contributed by atoms with E-state index in [9.17, 15) is 14.4 Å². The number of H-pyrrole nitrogens is 1. The minimum Gasteiger partial charge on any atom is -0.465 e. The van der Waals surface area contributed by atoms with Gasteiger partial charge in [0, 0.05) is 35.8 Å². The van der Waals surface area contributed by atoms with Crippen molar-refractivity contribution in [2.75, 3.05) is 5.32 Å². The van der Waals surface area contributed by atoms with Crippen molar-refractivity contribution in [1.82, 2.24) is 15.3 Å². The number of ether oxygens (including phenoxy) is 1. The molecule has 4 rings (SSSR count). The van der Waals surface area contributed by atoms with Gasteiger partial charge in [0.15, 0.2) is 5.76 Å². The fourth-order valence-electron chi connectivity index (χ4n) is 3.03. The summed E-state index contributed by atoms with van der Waals surface area (Å²) in [5.41, 5.74) is 2.40. The molecule has 10 nitrogen and oxygen atoms in total. The first-order valence-electron chi connectivity index (χ1n) is 9.71. The number of rotatable bonds is 6. The lowest BCUT2D eigenvalue weighted by Gasteiger charge is -2.09. The number of carbonyl (C=O) groups excluding carboxylic acids is 2. The number of aromatic amines is 1. The van der Waals surface area contributed by atoms with Gasteiger partial charge < -0.3 is 24.6 Å². The van der Waals surface area contributed by atoms with E-state index in [0.717, 1.165) is 5.56 Å². The van der Waals surface area contributed by atoms with Crippen molar-refractivity contribution < 1.29 is 28.6 Å². The predicted molar refractivity (Wildman–Crippen MR) is 117 cm³/mol. The minimum atomic E-state index is -1.44. The van der Waals surface area contributed by atoms with Crippen LogP contribution in [0.2, 0.25) is 0 Å². The van der Waals surface area contributed by atoms with E-state index in [1.54, 1.807) is 54.7 Å². The Morgan fingerprint density at radius 2 is 1.88 bits per heavy atom. The number of carbonyl (C=O) groups is 3. The van der Waals surface area contributed by atoms with Gasteiger partial charge >= 0.3 is 6.09 Å². The number of carboxylic acid groups (broad SMARTS) is 1. The molecular formula is C23H18N4O6. The van der Waals surface area contributed by atoms with Gasteiger partial charge in [-0.05, 0) is 37.3 Å². The molecule has 0 aliphatic rings. The number of benzene rings is 1. The normalized spacial score (nSPS) is 10.5. The van der Waals surface area contributed by atoms with Crippen molar-refractivity contribution in [3.8, 4) is 22.9 Å². The highest BCUT2D eigenvalue weighted by molar-refractivity contribution is 6.03. The van der Waals surface area contributed by atoms with Gasteiger partial charge in [-0.1, -0.05) is 6.07 Å². The zero-order chi connectivity index (χ0) is 23.4. The number of hydrogen-bond donors (Lipinski definition) is 4. The Hall–Kier alpha value is -4.86. The summed E-state index contributed by atoms with van der Waals surface area (Å²) in [5.74, 6) is 0.0735. The van der Waals surface area contributed by atoms with E-state index in [1.165, 1.54) is 24.7 Å². The van der Waals surface area contributed by atoms with Crippen molar-refractivity contribution >= 4 is 23.6 Å². The standard InChI is InChI=1S/C23H18N4O6/c1-13-6-8-32-20(13)22(29)26-15-3-2-4-16(10-15)33-17-5-7-24-19(11-17)18-9-14(12-25-18)21(28)27-23(30)31/h2-12,25H,1H3,(H,26,29)(H,27,28)(H,30,31). The maximum atomic E-state index is 12.4. The maximum absolute atomic E-state index is 12.4. The predicted octanol–water partition coefficient (Wildman–Crippen LogP) is 4.43. The van der Waals surface area contributed by atoms with Crippen LogP contribution in [0.25, 0.3) is 11.4 Å². The van der Waals surface area contributed by atoms with Crippen LogP contribution >= 0.6 is 0 Å². The number of aryl methyl sites for hydroxylation is 1. The van der Waals surface area contributed by atoms with E-state index in [-0.39, 0.29) is 17.2 Å². The lowest BCUT2D eigenvalue weighted by atomic mass is 10.2. The molecule has 0 radical (unpaired) electrons. The molecule has 0 spiro atoms. The van der Waals surface area contributed by atoms with Crippen molar-refractivity contribution in [2.24, 2.45) is 0 Å². The van der Waals surface area contributed by atoms with Gasteiger partial charge in [-0.2, -0.15) is 0 Å². The van der Waals surface area contributed by atoms with Gasteiger partial charge in [0.2, 0.25) is 0 Å². The summed E-state index contributed by atoms with van der Waals surface area (Å²) < 4.78 is 11.1. The lowest BCUT2D eigenvalue weighted by Crippen LogP contribution is -2.28. The number of nitrogens with one attached hydrogen (secondary N) is 3. The summed E-state index contributed by atoms with van der Waals surface area (Å²) in [7, 11) is 0. The van der Waals surface area contributed by atoms with Crippen LogP contribution in [-0.4, -0.2) is 33.0 Å². The average molecular weight is 446 g/mol. The molecular weight excluding hydrogens is 428 g/mol. The summed E-state index contributed by atoms with van der Waals surface area (Å²) in [6.07, 6.45) is 2.94. The van der Waals surface area contributed by atoms with Gasteiger partial charge in [-0.3, -0.25) is 19.9 Å². The van der Waals surface area contributed by atoms with Crippen molar-refractivity contribution in [3.05, 3.63) is 84.1 Å². The number of imide groups is 1. The summed E-state index contributed by atoms with van der Waals surface area (Å²) in [6, 6.07) is 13.4. The highest BCUT2D eigenvalue weighted by Gasteiger charge is 2.14. The number of pyridine rings is 1. The zero-order valence-electron chi connectivity index (χ0n) is 17.3. The molecule has 1 aromatic carbocycles. The van der Waals surface area contributed by atoms with Gasteiger partial charge in [0.05, 0.1) is 23.2 Å². The number of anilines is 1. The van der Waals surface area contributed by atoms with Gasteiger partial charge in [0.1, 0.15) is 11.5 Å². The molecule has 4 aromatic rings. The molecule has 0 saturated heterocycles. The second-order valence-electron chi connectivity index (χ2n) is 6.95. The molecule has 3 heterocycles. The van der Waals surface area contributed by atoms with Crippen LogP contribution in [0.3, 0.4) is 0 Å². The Balaban J connectivity index is 1.48. The SMILES string of the molecule is Cc1ccoc1C(=O)Nc1cccc(Oc2ccnc(-c3cc(C(=O)NC(=O)O)c[nH]3)c2)c1. The number of aromatic nitrogens is 2. The second kappa shape index (κ2) is 9.10. The van der Waals surface area contributed by atoms with E-state index >= 15 is 0 Å². The molecule has 33 heavy (non-hydrogen) atoms. The Morgan fingerprint density at radius 3 is 2.64 bits per heavy atom. The Kier molecular flexibility index (Phi) is 5.90. The second-order valence-corrected chi connectivity index (χ2v) is 6.95. The van der Waals surface area contributed by atoms with Crippen LogP contribution in [0, 0.1) is 6.92 Å². The molecule has 0 aliphatic carbocycles. The van der Waals surface area contributed by atoms with E-state index in [2.05, 4.69) is 15.3 Å². The quantitative estimate of drug-likeness (QED) is 0.343. The Morgan fingerprint density at radius 1 is 1.06 bits per heavy atom. The molecule has 0 atom stereocenters. The van der Waals surface area contributed by atoms with E-state index in [1.807, 2.05) is 0 Å². The molecule has 10 heteroatoms. The van der Waals surface area contributed by atoms with Crippen molar-refractivity contribution in [3.63, 3.8) is 0 Å². The fraction of sp³-hybridized carbons (Fsp3) is 0.0435. The van der Waals surface area contributed by atoms with Crippen LogP contribution in [0.5, 0.6) is 11.5 Å². The molecule has 0 unspecified atom stereocenters. The molecule has 4 N–H and O–H groups in total. The first kappa shape index (κ1) is 21.4. The third kappa shape index (κ3) is 5.07. The average Bonchev–Trinajstić information content (AvgIpc) is 3.43. The Bertz CT molecular complexity index is 1340.